The molecule has 1 aromatic rings. The third-order valence-electron chi connectivity index (χ3n) is 7.81. The molecule has 6 nitrogen and oxygen atoms in total. The van der Waals surface area contributed by atoms with Crippen LogP contribution in [0.25, 0.3) is 0 Å². The molecule has 1 heterocycles. The summed E-state index contributed by atoms with van der Waals surface area (Å²) < 4.78 is 0. The Hall–Kier alpha value is -2.24. The average Bonchev–Trinajstić information content (AvgIpc) is 2.87. The predicted octanol–water partition coefficient (Wildman–Crippen LogP) is 5.24. The molecular formula is C29H47N4O2. The Kier molecular flexibility index (Phi) is 10.7. The molecule has 195 valence electrons. The predicted molar refractivity (Wildman–Crippen MR) is 145 cm³/mol. The van der Waals surface area contributed by atoms with E-state index in [0.29, 0.717) is 18.4 Å². The van der Waals surface area contributed by atoms with Crippen LogP contribution in [0.4, 0.5) is 11.4 Å². The summed E-state index contributed by atoms with van der Waals surface area (Å²) in [4.78, 5) is 28.3. The van der Waals surface area contributed by atoms with Crippen LogP contribution in [0.3, 0.4) is 0 Å². The van der Waals surface area contributed by atoms with Crippen molar-refractivity contribution in [1.29, 1.82) is 0 Å². The first-order chi connectivity index (χ1) is 16.8. The first kappa shape index (κ1) is 27.3. The molecule has 2 amide bonds. The van der Waals surface area contributed by atoms with Gasteiger partial charge in [0, 0.05) is 49.5 Å². The lowest BCUT2D eigenvalue weighted by atomic mass is 9.89. The Bertz CT molecular complexity index is 780. The number of nitrogens with one attached hydrogen (secondary N) is 1. The number of carbonyl (C=O) groups excluding carboxylic acids is 2. The lowest BCUT2D eigenvalue weighted by Gasteiger charge is -2.40. The monoisotopic (exact) mass is 483 g/mol. The Morgan fingerprint density at radius 1 is 1.06 bits per heavy atom. The van der Waals surface area contributed by atoms with Gasteiger partial charge in [-0.15, -0.1) is 0 Å². The van der Waals surface area contributed by atoms with E-state index < -0.39 is 0 Å². The van der Waals surface area contributed by atoms with Crippen molar-refractivity contribution in [2.75, 3.05) is 36.4 Å². The zero-order valence-corrected chi connectivity index (χ0v) is 22.2. The van der Waals surface area contributed by atoms with Crippen molar-refractivity contribution in [2.45, 2.75) is 84.6 Å². The number of rotatable bonds is 12. The quantitative estimate of drug-likeness (QED) is 0.426. The summed E-state index contributed by atoms with van der Waals surface area (Å²) in [6.45, 7) is 9.95. The van der Waals surface area contributed by atoms with Crippen molar-refractivity contribution < 1.29 is 9.59 Å². The SMILES string of the molecule is CC(C)CCN(c1ccc(NCC2CCCCC2)cc1)C1CCN(C(=O)[CH]CC(C)C(N)=O)CC1. The summed E-state index contributed by atoms with van der Waals surface area (Å²) in [7, 11) is 0. The minimum absolute atomic E-state index is 0.0265. The molecule has 2 aliphatic rings. The highest BCUT2D eigenvalue weighted by molar-refractivity contribution is 5.86. The van der Waals surface area contributed by atoms with E-state index in [1.54, 1.807) is 13.3 Å². The standard InChI is InChI=1S/C29H47N4O2/c1-22(2)15-20-33(26-12-10-25(11-13-26)31-21-24-7-5-4-6-8-24)27-16-18-32(19-17-27)28(34)14-9-23(3)29(30)35/h10-14,22-24,27,31H,4-9,15-21H2,1-3H3,(H2,30,35). The number of carbonyl (C=O) groups is 2. The lowest BCUT2D eigenvalue weighted by molar-refractivity contribution is -0.129. The fourth-order valence-corrected chi connectivity index (χ4v) is 5.26. The molecule has 1 saturated carbocycles. The second-order valence-electron chi connectivity index (χ2n) is 11.1. The Morgan fingerprint density at radius 3 is 2.31 bits per heavy atom. The Morgan fingerprint density at radius 2 is 1.71 bits per heavy atom. The second kappa shape index (κ2) is 13.7. The molecule has 3 N–H and O–H groups in total. The largest absolute Gasteiger partial charge is 0.385 e. The molecule has 1 atom stereocenters. The highest BCUT2D eigenvalue weighted by Crippen LogP contribution is 2.28. The maximum Gasteiger partial charge on any atom is 0.226 e. The third-order valence-corrected chi connectivity index (χ3v) is 7.81. The minimum Gasteiger partial charge on any atom is -0.385 e. The fourth-order valence-electron chi connectivity index (χ4n) is 5.26. The number of piperidine rings is 1. The highest BCUT2D eigenvalue weighted by Gasteiger charge is 2.27. The zero-order chi connectivity index (χ0) is 25.2. The topological polar surface area (TPSA) is 78.7 Å². The number of anilines is 2. The number of nitrogens with zero attached hydrogens (tertiary/aromatic N) is 2. The molecule has 1 unspecified atom stereocenters. The van der Waals surface area contributed by atoms with E-state index in [9.17, 15) is 9.59 Å². The molecule has 1 radical (unpaired) electrons. The van der Waals surface area contributed by atoms with Gasteiger partial charge in [0.2, 0.25) is 11.8 Å². The van der Waals surface area contributed by atoms with E-state index in [1.165, 1.54) is 43.5 Å². The molecule has 0 bridgehead atoms. The first-order valence-corrected chi connectivity index (χ1v) is 13.9. The van der Waals surface area contributed by atoms with E-state index in [2.05, 4.69) is 48.3 Å². The Balaban J connectivity index is 1.54. The van der Waals surface area contributed by atoms with Crippen molar-refractivity contribution in [3.8, 4) is 0 Å². The van der Waals surface area contributed by atoms with E-state index in [-0.39, 0.29) is 17.7 Å². The first-order valence-electron chi connectivity index (χ1n) is 13.9. The van der Waals surface area contributed by atoms with E-state index in [1.807, 2.05) is 4.90 Å². The van der Waals surface area contributed by atoms with Crippen LogP contribution >= 0.6 is 0 Å². The van der Waals surface area contributed by atoms with E-state index in [0.717, 1.165) is 51.4 Å². The molecule has 35 heavy (non-hydrogen) atoms. The zero-order valence-electron chi connectivity index (χ0n) is 22.2. The molecule has 1 aliphatic heterocycles. The minimum atomic E-state index is -0.358. The van der Waals surface area contributed by atoms with Gasteiger partial charge < -0.3 is 20.9 Å². The van der Waals surface area contributed by atoms with E-state index >= 15 is 0 Å². The number of primary amides is 1. The van der Waals surface area contributed by atoms with Crippen LogP contribution in [0, 0.1) is 24.2 Å². The summed E-state index contributed by atoms with van der Waals surface area (Å²) in [6, 6.07) is 9.42. The van der Waals surface area contributed by atoms with Gasteiger partial charge in [-0.05, 0) is 74.6 Å². The number of benzene rings is 1. The number of hydrogen-bond acceptors (Lipinski definition) is 4. The van der Waals surface area contributed by atoms with Crippen LogP contribution < -0.4 is 16.0 Å². The van der Waals surface area contributed by atoms with Gasteiger partial charge in [-0.25, -0.2) is 0 Å². The van der Waals surface area contributed by atoms with Crippen LogP contribution in [-0.2, 0) is 9.59 Å². The van der Waals surface area contributed by atoms with Crippen LogP contribution in [0.1, 0.15) is 78.6 Å². The lowest BCUT2D eigenvalue weighted by Crippen LogP contribution is -2.47. The second-order valence-corrected chi connectivity index (χ2v) is 11.1. The Labute approximate surface area is 213 Å². The van der Waals surface area contributed by atoms with Gasteiger partial charge in [0.25, 0.3) is 0 Å². The van der Waals surface area contributed by atoms with Crippen LogP contribution in [0.15, 0.2) is 24.3 Å². The molecule has 3 rings (SSSR count). The molecular weight excluding hydrogens is 436 g/mol. The van der Waals surface area contributed by atoms with Crippen molar-refractivity contribution >= 4 is 23.2 Å². The van der Waals surface area contributed by atoms with Crippen molar-refractivity contribution in [2.24, 2.45) is 23.5 Å². The van der Waals surface area contributed by atoms with Crippen LogP contribution in [-0.4, -0.2) is 48.9 Å². The van der Waals surface area contributed by atoms with Crippen molar-refractivity contribution in [1.82, 2.24) is 4.90 Å². The smallest absolute Gasteiger partial charge is 0.226 e. The molecule has 0 aromatic heterocycles. The number of likely N-dealkylation sites (tertiary alicyclic amines) is 1. The molecule has 1 saturated heterocycles. The average molecular weight is 484 g/mol. The van der Waals surface area contributed by atoms with Gasteiger partial charge in [-0.3, -0.25) is 9.59 Å². The normalized spacial score (nSPS) is 18.5. The van der Waals surface area contributed by atoms with Gasteiger partial charge in [0.05, 0.1) is 6.42 Å². The fraction of sp³-hybridized carbons (Fsp3) is 0.690. The maximum atomic E-state index is 12.6. The summed E-state index contributed by atoms with van der Waals surface area (Å²) in [5.41, 5.74) is 7.81. The van der Waals surface area contributed by atoms with Crippen LogP contribution in [0.2, 0.25) is 0 Å². The number of hydrogen-bond donors (Lipinski definition) is 2. The summed E-state index contributed by atoms with van der Waals surface area (Å²) >= 11 is 0. The summed E-state index contributed by atoms with van der Waals surface area (Å²) in [5, 5.41) is 3.66. The van der Waals surface area contributed by atoms with Crippen molar-refractivity contribution in [3.05, 3.63) is 30.7 Å². The van der Waals surface area contributed by atoms with Gasteiger partial charge >= 0.3 is 0 Å². The highest BCUT2D eigenvalue weighted by atomic mass is 16.2. The summed E-state index contributed by atoms with van der Waals surface area (Å²) in [5.74, 6) is 0.832. The van der Waals surface area contributed by atoms with Crippen molar-refractivity contribution in [3.63, 3.8) is 0 Å². The summed E-state index contributed by atoms with van der Waals surface area (Å²) in [6.07, 6.45) is 12.0. The third kappa shape index (κ3) is 8.73. The van der Waals surface area contributed by atoms with Gasteiger partial charge in [0.1, 0.15) is 0 Å². The van der Waals surface area contributed by atoms with E-state index in [4.69, 9.17) is 5.73 Å². The molecule has 0 spiro atoms. The van der Waals surface area contributed by atoms with Gasteiger partial charge in [0.15, 0.2) is 0 Å². The van der Waals surface area contributed by atoms with Crippen LogP contribution in [0.5, 0.6) is 0 Å². The molecule has 1 aliphatic carbocycles. The molecule has 2 fully saturated rings. The van der Waals surface area contributed by atoms with Gasteiger partial charge in [-0.2, -0.15) is 0 Å². The van der Waals surface area contributed by atoms with Gasteiger partial charge in [-0.1, -0.05) is 40.0 Å². The number of amides is 2. The molecule has 1 aromatic carbocycles. The number of nitrogens with two attached hydrogens (primary N) is 1. The molecule has 6 heteroatoms. The maximum absolute atomic E-state index is 12.6.